The van der Waals surface area contributed by atoms with Crippen LogP contribution in [0.5, 0.6) is 5.75 Å². The number of hydrogen-bond acceptors (Lipinski definition) is 3. The number of anilines is 1. The summed E-state index contributed by atoms with van der Waals surface area (Å²) in [6.45, 7) is 1.68. The van der Waals surface area contributed by atoms with Gasteiger partial charge in [0.1, 0.15) is 11.4 Å². The van der Waals surface area contributed by atoms with Gasteiger partial charge in [-0.1, -0.05) is 18.2 Å². The molecule has 2 heterocycles. The molecule has 1 saturated heterocycles. The van der Waals surface area contributed by atoms with Crippen LogP contribution in [0.2, 0.25) is 0 Å². The number of aromatic amines is 1. The van der Waals surface area contributed by atoms with E-state index in [-0.39, 0.29) is 5.91 Å². The lowest BCUT2D eigenvalue weighted by Gasteiger charge is -2.27. The zero-order valence-electron chi connectivity index (χ0n) is 14.9. The summed E-state index contributed by atoms with van der Waals surface area (Å²) < 4.78 is 5.23. The van der Waals surface area contributed by atoms with Crippen LogP contribution in [-0.2, 0) is 0 Å². The van der Waals surface area contributed by atoms with Crippen LogP contribution < -0.4 is 15.0 Å². The van der Waals surface area contributed by atoms with Gasteiger partial charge in [0.15, 0.2) is 0 Å². The zero-order valence-corrected chi connectivity index (χ0v) is 14.9. The highest BCUT2D eigenvalue weighted by molar-refractivity contribution is 5.98. The number of methoxy groups -OCH3 is 1. The van der Waals surface area contributed by atoms with Gasteiger partial charge in [0, 0.05) is 41.8 Å². The molecule has 0 unspecified atom stereocenters. The van der Waals surface area contributed by atoms with Crippen molar-refractivity contribution in [2.75, 3.05) is 25.1 Å². The van der Waals surface area contributed by atoms with E-state index in [1.165, 1.54) is 5.69 Å². The van der Waals surface area contributed by atoms with E-state index in [1.54, 1.807) is 7.11 Å². The van der Waals surface area contributed by atoms with Crippen molar-refractivity contribution in [2.45, 2.75) is 18.9 Å². The standard InChI is InChI=1S/C21H23N3O2/c1-26-18-10-9-15-12-20(23-19(15)13-18)21(25)22-14-17-8-5-11-24(17)16-6-3-2-4-7-16/h2-4,6-7,9-10,12-13,17,23H,5,8,11,14H2,1H3,(H,22,25)/t17-/m0/s1. The van der Waals surface area contributed by atoms with Crippen LogP contribution in [0.25, 0.3) is 10.9 Å². The number of nitrogens with zero attached hydrogens (tertiary/aromatic N) is 1. The van der Waals surface area contributed by atoms with E-state index < -0.39 is 0 Å². The summed E-state index contributed by atoms with van der Waals surface area (Å²) >= 11 is 0. The molecule has 134 valence electrons. The molecule has 5 heteroatoms. The highest BCUT2D eigenvalue weighted by atomic mass is 16.5. The second-order valence-corrected chi connectivity index (χ2v) is 6.67. The maximum Gasteiger partial charge on any atom is 0.267 e. The minimum atomic E-state index is -0.0694. The number of nitrogens with one attached hydrogen (secondary N) is 2. The fraction of sp³-hybridized carbons (Fsp3) is 0.286. The Bertz CT molecular complexity index is 904. The van der Waals surface area contributed by atoms with Crippen LogP contribution in [0.3, 0.4) is 0 Å². The molecule has 5 nitrogen and oxygen atoms in total. The first-order valence-corrected chi connectivity index (χ1v) is 9.01. The Labute approximate surface area is 153 Å². The summed E-state index contributed by atoms with van der Waals surface area (Å²) in [4.78, 5) is 18.1. The molecule has 0 radical (unpaired) electrons. The van der Waals surface area contributed by atoms with Crippen molar-refractivity contribution in [3.05, 3.63) is 60.3 Å². The number of amides is 1. The topological polar surface area (TPSA) is 57.4 Å². The molecule has 2 aromatic carbocycles. The van der Waals surface area contributed by atoms with Gasteiger partial charge in [0.2, 0.25) is 0 Å². The predicted molar refractivity (Wildman–Crippen MR) is 104 cm³/mol. The summed E-state index contributed by atoms with van der Waals surface area (Å²) in [5.74, 6) is 0.704. The lowest BCUT2D eigenvalue weighted by Crippen LogP contribution is -2.40. The van der Waals surface area contributed by atoms with Crippen molar-refractivity contribution in [1.82, 2.24) is 10.3 Å². The zero-order chi connectivity index (χ0) is 17.9. The van der Waals surface area contributed by atoms with Crippen molar-refractivity contribution in [2.24, 2.45) is 0 Å². The molecule has 1 atom stereocenters. The van der Waals surface area contributed by atoms with Crippen LogP contribution in [0, 0.1) is 0 Å². The maximum atomic E-state index is 12.6. The van der Waals surface area contributed by atoms with Gasteiger partial charge in [0.05, 0.1) is 7.11 Å². The lowest BCUT2D eigenvalue weighted by atomic mass is 10.2. The first-order valence-electron chi connectivity index (χ1n) is 9.01. The molecular weight excluding hydrogens is 326 g/mol. The number of aromatic nitrogens is 1. The first kappa shape index (κ1) is 16.5. The molecule has 0 saturated carbocycles. The smallest absolute Gasteiger partial charge is 0.267 e. The Morgan fingerprint density at radius 2 is 2.08 bits per heavy atom. The number of H-pyrrole nitrogens is 1. The molecule has 1 amide bonds. The third-order valence-corrected chi connectivity index (χ3v) is 5.04. The maximum absolute atomic E-state index is 12.6. The lowest BCUT2D eigenvalue weighted by molar-refractivity contribution is 0.0947. The Hall–Kier alpha value is -2.95. The molecule has 1 aliphatic rings. The van der Waals surface area contributed by atoms with Crippen LogP contribution in [-0.4, -0.2) is 37.1 Å². The van der Waals surface area contributed by atoms with Crippen molar-refractivity contribution in [3.8, 4) is 5.75 Å². The SMILES string of the molecule is COc1ccc2cc(C(=O)NC[C@@H]3CCCN3c3ccccc3)[nH]c2c1. The number of ether oxygens (including phenoxy) is 1. The fourth-order valence-corrected chi connectivity index (χ4v) is 3.67. The number of carbonyl (C=O) groups is 1. The third kappa shape index (κ3) is 3.25. The Kier molecular flexibility index (Phi) is 4.52. The average molecular weight is 349 g/mol. The van der Waals surface area contributed by atoms with Crippen molar-refractivity contribution >= 4 is 22.5 Å². The Morgan fingerprint density at radius 1 is 1.23 bits per heavy atom. The predicted octanol–water partition coefficient (Wildman–Crippen LogP) is 3.58. The van der Waals surface area contributed by atoms with E-state index in [9.17, 15) is 4.79 Å². The van der Waals surface area contributed by atoms with Crippen LogP contribution in [0.1, 0.15) is 23.3 Å². The minimum Gasteiger partial charge on any atom is -0.497 e. The number of rotatable bonds is 5. The average Bonchev–Trinajstić information content (AvgIpc) is 3.32. The van der Waals surface area contributed by atoms with Gasteiger partial charge < -0.3 is 19.9 Å². The summed E-state index contributed by atoms with van der Waals surface area (Å²) in [7, 11) is 1.64. The molecule has 3 aromatic rings. The normalized spacial score (nSPS) is 16.8. The molecule has 0 bridgehead atoms. The summed E-state index contributed by atoms with van der Waals surface area (Å²) in [5.41, 5.74) is 2.71. The van der Waals surface area contributed by atoms with Crippen molar-refractivity contribution < 1.29 is 9.53 Å². The van der Waals surface area contributed by atoms with Gasteiger partial charge >= 0.3 is 0 Å². The molecule has 26 heavy (non-hydrogen) atoms. The number of fused-ring (bicyclic) bond motifs is 1. The van der Waals surface area contributed by atoms with Gasteiger partial charge in [-0.15, -0.1) is 0 Å². The van der Waals surface area contributed by atoms with E-state index in [0.717, 1.165) is 36.0 Å². The molecule has 1 aromatic heterocycles. The van der Waals surface area contributed by atoms with Crippen LogP contribution in [0.4, 0.5) is 5.69 Å². The quantitative estimate of drug-likeness (QED) is 0.740. The van der Waals surface area contributed by atoms with Gasteiger partial charge in [-0.25, -0.2) is 0 Å². The first-order chi connectivity index (χ1) is 12.7. The Morgan fingerprint density at radius 3 is 2.88 bits per heavy atom. The minimum absolute atomic E-state index is 0.0694. The molecule has 2 N–H and O–H groups in total. The van der Waals surface area contributed by atoms with Gasteiger partial charge in [-0.05, 0) is 43.2 Å². The molecule has 1 fully saturated rings. The highest BCUT2D eigenvalue weighted by Gasteiger charge is 2.25. The van der Waals surface area contributed by atoms with E-state index in [1.807, 2.05) is 30.3 Å². The number of benzene rings is 2. The van der Waals surface area contributed by atoms with E-state index in [4.69, 9.17) is 4.74 Å². The second kappa shape index (κ2) is 7.12. The third-order valence-electron chi connectivity index (χ3n) is 5.04. The summed E-state index contributed by atoms with van der Waals surface area (Å²) in [6, 6.07) is 18.4. The van der Waals surface area contributed by atoms with Crippen LogP contribution >= 0.6 is 0 Å². The van der Waals surface area contributed by atoms with Gasteiger partial charge in [0.25, 0.3) is 5.91 Å². The number of hydrogen-bond donors (Lipinski definition) is 2. The monoisotopic (exact) mass is 349 g/mol. The molecule has 1 aliphatic heterocycles. The summed E-state index contributed by atoms with van der Waals surface area (Å²) in [6.07, 6.45) is 2.25. The van der Waals surface area contributed by atoms with Gasteiger partial charge in [-0.2, -0.15) is 0 Å². The number of para-hydroxylation sites is 1. The largest absolute Gasteiger partial charge is 0.497 e. The van der Waals surface area contributed by atoms with E-state index in [2.05, 4.69) is 39.5 Å². The van der Waals surface area contributed by atoms with Crippen molar-refractivity contribution in [1.29, 1.82) is 0 Å². The molecular formula is C21H23N3O2. The van der Waals surface area contributed by atoms with Gasteiger partial charge in [-0.3, -0.25) is 4.79 Å². The Balaban J connectivity index is 1.43. The van der Waals surface area contributed by atoms with Crippen LogP contribution in [0.15, 0.2) is 54.6 Å². The van der Waals surface area contributed by atoms with E-state index >= 15 is 0 Å². The molecule has 4 rings (SSSR count). The fourth-order valence-electron chi connectivity index (χ4n) is 3.67. The summed E-state index contributed by atoms with van der Waals surface area (Å²) in [5, 5.41) is 4.09. The molecule has 0 spiro atoms. The van der Waals surface area contributed by atoms with E-state index in [0.29, 0.717) is 18.3 Å². The van der Waals surface area contributed by atoms with Crippen molar-refractivity contribution in [3.63, 3.8) is 0 Å². The molecule has 0 aliphatic carbocycles. The highest BCUT2D eigenvalue weighted by Crippen LogP contribution is 2.25. The number of carbonyl (C=O) groups excluding carboxylic acids is 1. The second-order valence-electron chi connectivity index (χ2n) is 6.67.